The molecule has 3 amide bonds. The second-order valence-electron chi connectivity index (χ2n) is 6.05. The van der Waals surface area contributed by atoms with Crippen LogP contribution in [0.25, 0.3) is 5.69 Å². The van der Waals surface area contributed by atoms with Gasteiger partial charge in [0.25, 0.3) is 11.1 Å². The second-order valence-corrected chi connectivity index (χ2v) is 6.97. The van der Waals surface area contributed by atoms with Crippen LogP contribution in [0.3, 0.4) is 0 Å². The molecule has 0 spiro atoms. The van der Waals surface area contributed by atoms with E-state index < -0.39 is 0 Å². The number of anilines is 1. The minimum Gasteiger partial charge on any atom is -0.320 e. The first kappa shape index (κ1) is 17.9. The summed E-state index contributed by atoms with van der Waals surface area (Å²) in [5.41, 5.74) is 2.42. The molecule has 1 aliphatic heterocycles. The van der Waals surface area contributed by atoms with E-state index in [1.54, 1.807) is 41.3 Å². The molecule has 9 heteroatoms. The Morgan fingerprint density at radius 1 is 1.14 bits per heavy atom. The van der Waals surface area contributed by atoms with Crippen molar-refractivity contribution in [2.24, 2.45) is 0 Å². The first-order valence-electron chi connectivity index (χ1n) is 8.43. The quantitative estimate of drug-likeness (QED) is 0.716. The molecule has 0 atom stereocenters. The average molecular weight is 393 g/mol. The summed E-state index contributed by atoms with van der Waals surface area (Å²) in [6.45, 7) is 0.154. The molecule has 1 aromatic heterocycles. The molecule has 3 aromatic rings. The van der Waals surface area contributed by atoms with E-state index in [1.807, 2.05) is 18.2 Å². The predicted octanol–water partition coefficient (Wildman–Crippen LogP) is 2.72. The Morgan fingerprint density at radius 3 is 2.75 bits per heavy atom. The van der Waals surface area contributed by atoms with Crippen LogP contribution < -0.4 is 5.32 Å². The lowest BCUT2D eigenvalue weighted by Gasteiger charge is -2.14. The topological polar surface area (TPSA) is 97.2 Å². The van der Waals surface area contributed by atoms with Crippen LogP contribution in [0.2, 0.25) is 0 Å². The standard InChI is InChI=1S/C19H15N5O3S/c25-17-10-28-19(27)23(17)9-13-4-3-5-14(8-13)18(26)22-15-6-1-2-7-16(15)24-12-20-11-21-24/h1-8,11-12H,9-10H2,(H,22,26). The van der Waals surface area contributed by atoms with Gasteiger partial charge < -0.3 is 5.32 Å². The lowest BCUT2D eigenvalue weighted by molar-refractivity contribution is -0.125. The van der Waals surface area contributed by atoms with Crippen LogP contribution in [0.5, 0.6) is 0 Å². The maximum atomic E-state index is 12.7. The molecule has 1 aliphatic rings. The number of amides is 3. The van der Waals surface area contributed by atoms with E-state index in [1.165, 1.54) is 11.2 Å². The van der Waals surface area contributed by atoms with Crippen molar-refractivity contribution in [2.75, 3.05) is 11.1 Å². The summed E-state index contributed by atoms with van der Waals surface area (Å²) >= 11 is 0.990. The summed E-state index contributed by atoms with van der Waals surface area (Å²) in [5.74, 6) is -0.354. The van der Waals surface area contributed by atoms with Crippen molar-refractivity contribution < 1.29 is 14.4 Å². The Labute approximate surface area is 164 Å². The molecule has 140 valence electrons. The average Bonchev–Trinajstić information content (AvgIpc) is 3.35. The first-order valence-corrected chi connectivity index (χ1v) is 9.42. The predicted molar refractivity (Wildman–Crippen MR) is 104 cm³/mol. The highest BCUT2D eigenvalue weighted by Gasteiger charge is 2.29. The molecule has 0 saturated carbocycles. The number of thioether (sulfide) groups is 1. The Hall–Kier alpha value is -3.46. The molecular formula is C19H15N5O3S. The third-order valence-electron chi connectivity index (χ3n) is 4.19. The monoisotopic (exact) mass is 393 g/mol. The zero-order valence-electron chi connectivity index (χ0n) is 14.6. The molecule has 1 fully saturated rings. The summed E-state index contributed by atoms with van der Waals surface area (Å²) in [6, 6.07) is 14.1. The summed E-state index contributed by atoms with van der Waals surface area (Å²) in [4.78, 5) is 41.4. The van der Waals surface area contributed by atoms with E-state index in [0.717, 1.165) is 11.8 Å². The Kier molecular flexibility index (Phi) is 4.90. The zero-order valence-corrected chi connectivity index (χ0v) is 15.4. The normalized spacial score (nSPS) is 13.8. The maximum absolute atomic E-state index is 12.7. The van der Waals surface area contributed by atoms with E-state index in [0.29, 0.717) is 22.5 Å². The number of hydrogen-bond acceptors (Lipinski definition) is 6. The number of para-hydroxylation sites is 2. The van der Waals surface area contributed by atoms with Gasteiger partial charge in [-0.25, -0.2) is 9.67 Å². The van der Waals surface area contributed by atoms with Gasteiger partial charge in [0.05, 0.1) is 23.7 Å². The molecule has 0 bridgehead atoms. The van der Waals surface area contributed by atoms with Gasteiger partial charge in [0.2, 0.25) is 5.91 Å². The highest BCUT2D eigenvalue weighted by Crippen LogP contribution is 2.23. The Balaban J connectivity index is 1.54. The van der Waals surface area contributed by atoms with Gasteiger partial charge in [-0.15, -0.1) is 0 Å². The van der Waals surface area contributed by atoms with Gasteiger partial charge in [-0.05, 0) is 29.8 Å². The van der Waals surface area contributed by atoms with Gasteiger partial charge in [-0.2, -0.15) is 5.10 Å². The third-order valence-corrected chi connectivity index (χ3v) is 5.05. The number of benzene rings is 2. The van der Waals surface area contributed by atoms with Gasteiger partial charge in [-0.1, -0.05) is 36.0 Å². The second kappa shape index (κ2) is 7.65. The van der Waals surface area contributed by atoms with E-state index >= 15 is 0 Å². The van der Waals surface area contributed by atoms with Crippen LogP contribution in [0.15, 0.2) is 61.2 Å². The number of nitrogens with zero attached hydrogens (tertiary/aromatic N) is 4. The molecule has 4 rings (SSSR count). The van der Waals surface area contributed by atoms with Crippen molar-refractivity contribution in [3.63, 3.8) is 0 Å². The number of rotatable bonds is 5. The minimum absolute atomic E-state index is 0.154. The van der Waals surface area contributed by atoms with Crippen LogP contribution in [0.1, 0.15) is 15.9 Å². The Morgan fingerprint density at radius 2 is 2.00 bits per heavy atom. The van der Waals surface area contributed by atoms with Crippen LogP contribution in [-0.4, -0.2) is 42.5 Å². The van der Waals surface area contributed by atoms with Crippen LogP contribution in [0, 0.1) is 0 Å². The van der Waals surface area contributed by atoms with Crippen molar-refractivity contribution in [3.05, 3.63) is 72.3 Å². The summed E-state index contributed by atoms with van der Waals surface area (Å²) < 4.78 is 1.56. The highest BCUT2D eigenvalue weighted by molar-refractivity contribution is 8.14. The van der Waals surface area contributed by atoms with Crippen molar-refractivity contribution in [1.29, 1.82) is 0 Å². The number of carbonyl (C=O) groups is 3. The van der Waals surface area contributed by atoms with Crippen LogP contribution in [-0.2, 0) is 11.3 Å². The largest absolute Gasteiger partial charge is 0.320 e. The number of hydrogen-bond donors (Lipinski definition) is 1. The molecule has 0 radical (unpaired) electrons. The van der Waals surface area contributed by atoms with Crippen LogP contribution >= 0.6 is 11.8 Å². The van der Waals surface area contributed by atoms with Crippen LogP contribution in [0.4, 0.5) is 10.5 Å². The van der Waals surface area contributed by atoms with Gasteiger partial charge in [0, 0.05) is 5.56 Å². The molecule has 1 N–H and O–H groups in total. The van der Waals surface area contributed by atoms with Crippen molar-refractivity contribution in [3.8, 4) is 5.69 Å². The van der Waals surface area contributed by atoms with E-state index in [-0.39, 0.29) is 29.4 Å². The molecule has 2 heterocycles. The Bertz CT molecular complexity index is 1040. The smallest absolute Gasteiger partial charge is 0.289 e. The van der Waals surface area contributed by atoms with E-state index in [9.17, 15) is 14.4 Å². The molecule has 0 aliphatic carbocycles. The fraction of sp³-hybridized carbons (Fsp3) is 0.105. The molecule has 2 aromatic carbocycles. The molecule has 1 saturated heterocycles. The molecule has 0 unspecified atom stereocenters. The van der Waals surface area contributed by atoms with Gasteiger partial charge in [-0.3, -0.25) is 19.3 Å². The molecule has 8 nitrogen and oxygen atoms in total. The fourth-order valence-corrected chi connectivity index (χ4v) is 3.56. The third kappa shape index (κ3) is 3.65. The number of aromatic nitrogens is 3. The van der Waals surface area contributed by atoms with Crippen molar-refractivity contribution in [1.82, 2.24) is 19.7 Å². The van der Waals surface area contributed by atoms with Crippen molar-refractivity contribution >= 4 is 34.5 Å². The lowest BCUT2D eigenvalue weighted by atomic mass is 10.1. The lowest BCUT2D eigenvalue weighted by Crippen LogP contribution is -2.28. The fourth-order valence-electron chi connectivity index (χ4n) is 2.83. The number of imide groups is 1. The van der Waals surface area contributed by atoms with Crippen molar-refractivity contribution in [2.45, 2.75) is 6.54 Å². The number of nitrogens with one attached hydrogen (secondary N) is 1. The zero-order chi connectivity index (χ0) is 19.5. The molecule has 28 heavy (non-hydrogen) atoms. The summed E-state index contributed by atoms with van der Waals surface area (Å²) in [5, 5.41) is 6.71. The molecular weight excluding hydrogens is 378 g/mol. The van der Waals surface area contributed by atoms with E-state index in [4.69, 9.17) is 0 Å². The van der Waals surface area contributed by atoms with Gasteiger partial charge >= 0.3 is 0 Å². The van der Waals surface area contributed by atoms with E-state index in [2.05, 4.69) is 15.4 Å². The summed E-state index contributed by atoms with van der Waals surface area (Å²) in [6.07, 6.45) is 2.97. The maximum Gasteiger partial charge on any atom is 0.289 e. The van der Waals surface area contributed by atoms with Gasteiger partial charge in [0.1, 0.15) is 12.7 Å². The minimum atomic E-state index is -0.303. The summed E-state index contributed by atoms with van der Waals surface area (Å²) in [7, 11) is 0. The SMILES string of the molecule is O=C(Nc1ccccc1-n1cncn1)c1cccc(CN2C(=O)CSC2=O)c1. The first-order chi connectivity index (χ1) is 13.6. The highest BCUT2D eigenvalue weighted by atomic mass is 32.2. The van der Waals surface area contributed by atoms with Gasteiger partial charge in [0.15, 0.2) is 0 Å². The number of carbonyl (C=O) groups excluding carboxylic acids is 3.